The summed E-state index contributed by atoms with van der Waals surface area (Å²) in [6.45, 7) is 1.74. The minimum Gasteiger partial charge on any atom is -0.492 e. The van der Waals surface area contributed by atoms with E-state index in [4.69, 9.17) is 16.3 Å². The van der Waals surface area contributed by atoms with Gasteiger partial charge in [0.15, 0.2) is 0 Å². The number of nitrogens with one attached hydrogen (secondary N) is 1. The van der Waals surface area contributed by atoms with E-state index in [9.17, 15) is 0 Å². The lowest BCUT2D eigenvalue weighted by Gasteiger charge is -2.11. The van der Waals surface area contributed by atoms with Crippen LogP contribution in [0.5, 0.6) is 5.75 Å². The van der Waals surface area contributed by atoms with Gasteiger partial charge in [0.1, 0.15) is 12.4 Å². The Morgan fingerprint density at radius 1 is 1.44 bits per heavy atom. The number of hydrogen-bond acceptors (Lipinski definition) is 2. The summed E-state index contributed by atoms with van der Waals surface area (Å²) in [7, 11) is 0. The quantitative estimate of drug-likeness (QED) is 0.798. The minimum absolute atomic E-state index is 0.536. The SMILES string of the molecule is ClCCOc1cccc(CC2CCCN2)c1. The van der Waals surface area contributed by atoms with Crippen molar-refractivity contribution in [3.8, 4) is 5.75 Å². The summed E-state index contributed by atoms with van der Waals surface area (Å²) in [5.74, 6) is 1.46. The van der Waals surface area contributed by atoms with E-state index >= 15 is 0 Å². The molecule has 16 heavy (non-hydrogen) atoms. The molecule has 0 bridgehead atoms. The lowest BCUT2D eigenvalue weighted by atomic mass is 10.0. The highest BCUT2D eigenvalue weighted by atomic mass is 35.5. The van der Waals surface area contributed by atoms with Gasteiger partial charge in [0.2, 0.25) is 0 Å². The number of halogens is 1. The molecule has 0 aromatic heterocycles. The van der Waals surface area contributed by atoms with Crippen molar-refractivity contribution in [1.29, 1.82) is 0 Å². The van der Waals surface area contributed by atoms with Crippen LogP contribution in [0, 0.1) is 0 Å². The second kappa shape index (κ2) is 6.12. The Bertz CT molecular complexity index is 323. The van der Waals surface area contributed by atoms with Crippen molar-refractivity contribution in [2.24, 2.45) is 0 Å². The molecule has 1 unspecified atom stereocenters. The van der Waals surface area contributed by atoms with E-state index in [1.165, 1.54) is 18.4 Å². The summed E-state index contributed by atoms with van der Waals surface area (Å²) in [4.78, 5) is 0. The number of hydrogen-bond donors (Lipinski definition) is 1. The van der Waals surface area contributed by atoms with Crippen molar-refractivity contribution in [2.45, 2.75) is 25.3 Å². The Morgan fingerprint density at radius 2 is 2.38 bits per heavy atom. The fourth-order valence-electron chi connectivity index (χ4n) is 2.13. The van der Waals surface area contributed by atoms with Crippen molar-refractivity contribution in [3.63, 3.8) is 0 Å². The van der Waals surface area contributed by atoms with E-state index in [0.717, 1.165) is 18.7 Å². The molecule has 1 saturated heterocycles. The van der Waals surface area contributed by atoms with Gasteiger partial charge in [0, 0.05) is 6.04 Å². The van der Waals surface area contributed by atoms with Gasteiger partial charge in [-0.1, -0.05) is 12.1 Å². The number of ether oxygens (including phenoxy) is 1. The summed E-state index contributed by atoms with van der Waals surface area (Å²) >= 11 is 5.59. The molecule has 0 spiro atoms. The Balaban J connectivity index is 1.92. The second-order valence-corrected chi connectivity index (χ2v) is 4.56. The van der Waals surface area contributed by atoms with Gasteiger partial charge < -0.3 is 10.1 Å². The van der Waals surface area contributed by atoms with E-state index in [-0.39, 0.29) is 0 Å². The molecule has 2 rings (SSSR count). The van der Waals surface area contributed by atoms with Gasteiger partial charge in [-0.2, -0.15) is 0 Å². The van der Waals surface area contributed by atoms with Crippen LogP contribution in [-0.4, -0.2) is 25.1 Å². The summed E-state index contributed by atoms with van der Waals surface area (Å²) < 4.78 is 5.51. The molecule has 1 aromatic rings. The minimum atomic E-state index is 0.536. The van der Waals surface area contributed by atoms with Gasteiger partial charge >= 0.3 is 0 Å². The molecule has 1 heterocycles. The fraction of sp³-hybridized carbons (Fsp3) is 0.538. The molecular formula is C13H18ClNO. The fourth-order valence-corrected chi connectivity index (χ4v) is 2.21. The Morgan fingerprint density at radius 3 is 3.12 bits per heavy atom. The van der Waals surface area contributed by atoms with Crippen LogP contribution in [-0.2, 0) is 6.42 Å². The maximum atomic E-state index is 5.59. The molecule has 0 saturated carbocycles. The van der Waals surface area contributed by atoms with Crippen molar-refractivity contribution >= 4 is 11.6 Å². The lowest BCUT2D eigenvalue weighted by Crippen LogP contribution is -2.23. The lowest BCUT2D eigenvalue weighted by molar-refractivity contribution is 0.342. The molecule has 1 aromatic carbocycles. The highest BCUT2D eigenvalue weighted by Gasteiger charge is 2.14. The third-order valence-electron chi connectivity index (χ3n) is 2.89. The van der Waals surface area contributed by atoms with Crippen LogP contribution in [0.15, 0.2) is 24.3 Å². The van der Waals surface area contributed by atoms with Crippen molar-refractivity contribution in [3.05, 3.63) is 29.8 Å². The standard InChI is InChI=1S/C13H18ClNO/c14-6-8-16-13-5-1-3-11(10-13)9-12-4-2-7-15-12/h1,3,5,10,12,15H,2,4,6-9H2. The van der Waals surface area contributed by atoms with E-state index in [0.29, 0.717) is 18.5 Å². The summed E-state index contributed by atoms with van der Waals surface area (Å²) in [6, 6.07) is 8.95. The predicted molar refractivity (Wildman–Crippen MR) is 67.4 cm³/mol. The van der Waals surface area contributed by atoms with Crippen molar-refractivity contribution in [1.82, 2.24) is 5.32 Å². The first-order valence-corrected chi connectivity index (χ1v) is 6.43. The monoisotopic (exact) mass is 239 g/mol. The average molecular weight is 240 g/mol. The van der Waals surface area contributed by atoms with Crippen molar-refractivity contribution in [2.75, 3.05) is 19.0 Å². The zero-order chi connectivity index (χ0) is 11.2. The zero-order valence-electron chi connectivity index (χ0n) is 9.42. The highest BCUT2D eigenvalue weighted by molar-refractivity contribution is 6.17. The number of alkyl halides is 1. The largest absolute Gasteiger partial charge is 0.492 e. The molecule has 3 heteroatoms. The third-order valence-corrected chi connectivity index (χ3v) is 3.04. The van der Waals surface area contributed by atoms with Crippen LogP contribution in [0.1, 0.15) is 18.4 Å². The van der Waals surface area contributed by atoms with Gasteiger partial charge in [0.25, 0.3) is 0 Å². The molecule has 88 valence electrons. The van der Waals surface area contributed by atoms with Crippen LogP contribution < -0.4 is 10.1 Å². The van der Waals surface area contributed by atoms with Gasteiger partial charge in [-0.25, -0.2) is 0 Å². The van der Waals surface area contributed by atoms with E-state index in [1.807, 2.05) is 12.1 Å². The van der Waals surface area contributed by atoms with Gasteiger partial charge in [-0.05, 0) is 43.5 Å². The molecule has 0 amide bonds. The second-order valence-electron chi connectivity index (χ2n) is 4.18. The maximum absolute atomic E-state index is 5.59. The number of benzene rings is 1. The summed E-state index contributed by atoms with van der Waals surface area (Å²) in [5.41, 5.74) is 1.34. The molecule has 1 aliphatic heterocycles. The molecule has 1 N–H and O–H groups in total. The average Bonchev–Trinajstić information content (AvgIpc) is 2.80. The van der Waals surface area contributed by atoms with Crippen LogP contribution in [0.25, 0.3) is 0 Å². The van der Waals surface area contributed by atoms with Gasteiger partial charge in [0.05, 0.1) is 5.88 Å². The molecular weight excluding hydrogens is 222 g/mol. The van der Waals surface area contributed by atoms with Crippen LogP contribution >= 0.6 is 11.6 Å². The molecule has 2 nitrogen and oxygen atoms in total. The maximum Gasteiger partial charge on any atom is 0.119 e. The van der Waals surface area contributed by atoms with Gasteiger partial charge in [-0.3, -0.25) is 0 Å². The highest BCUT2D eigenvalue weighted by Crippen LogP contribution is 2.17. The molecule has 1 fully saturated rings. The molecule has 0 radical (unpaired) electrons. The first-order valence-electron chi connectivity index (χ1n) is 5.89. The molecule has 1 aliphatic rings. The number of rotatable bonds is 5. The van der Waals surface area contributed by atoms with Crippen LogP contribution in [0.3, 0.4) is 0 Å². The van der Waals surface area contributed by atoms with Crippen LogP contribution in [0.4, 0.5) is 0 Å². The molecule has 1 atom stereocenters. The summed E-state index contributed by atoms with van der Waals surface area (Å²) in [5, 5.41) is 3.51. The first kappa shape index (κ1) is 11.7. The Kier molecular flexibility index (Phi) is 4.49. The topological polar surface area (TPSA) is 21.3 Å². The zero-order valence-corrected chi connectivity index (χ0v) is 10.2. The summed E-state index contributed by atoms with van der Waals surface area (Å²) in [6.07, 6.45) is 3.68. The van der Waals surface area contributed by atoms with Crippen LogP contribution in [0.2, 0.25) is 0 Å². The van der Waals surface area contributed by atoms with E-state index in [1.54, 1.807) is 0 Å². The van der Waals surface area contributed by atoms with Crippen molar-refractivity contribution < 1.29 is 4.74 Å². The molecule has 0 aliphatic carbocycles. The Labute approximate surface area is 102 Å². The Hall–Kier alpha value is -0.730. The predicted octanol–water partition coefficient (Wildman–Crippen LogP) is 2.60. The third kappa shape index (κ3) is 3.39. The van der Waals surface area contributed by atoms with Gasteiger partial charge in [-0.15, -0.1) is 11.6 Å². The van der Waals surface area contributed by atoms with E-state index in [2.05, 4.69) is 17.4 Å². The normalized spacial score (nSPS) is 19.9. The smallest absolute Gasteiger partial charge is 0.119 e. The first-order chi connectivity index (χ1) is 7.88. The van der Waals surface area contributed by atoms with E-state index < -0.39 is 0 Å².